The fraction of sp³-hybridized carbons (Fsp3) is 0.333. The van der Waals surface area contributed by atoms with E-state index in [2.05, 4.69) is 9.98 Å². The normalized spacial score (nSPS) is 19.0. The number of rotatable bonds is 6. The van der Waals surface area contributed by atoms with Crippen molar-refractivity contribution in [3.05, 3.63) is 64.8 Å². The number of nitrogens with zero attached hydrogens (tertiary/aromatic N) is 3. The van der Waals surface area contributed by atoms with E-state index in [1.165, 1.54) is 7.11 Å². The smallest absolute Gasteiger partial charge is 0.336 e. The van der Waals surface area contributed by atoms with Gasteiger partial charge in [0.2, 0.25) is 0 Å². The van der Waals surface area contributed by atoms with Crippen LogP contribution in [0.5, 0.6) is 0 Å². The van der Waals surface area contributed by atoms with Gasteiger partial charge in [-0.25, -0.2) is 9.78 Å². The van der Waals surface area contributed by atoms with E-state index in [1.54, 1.807) is 55.3 Å². The lowest BCUT2D eigenvalue weighted by atomic mass is 9.75. The average molecular weight is 416 g/mol. The SMILES string of the molecule is CCOC(=O)C1=C(Cn2ccnc2)N=C(C)C(C(=O)OC)C1c1ccccc1Cl. The minimum Gasteiger partial charge on any atom is -0.468 e. The van der Waals surface area contributed by atoms with Crippen LogP contribution in [0.25, 0.3) is 0 Å². The molecule has 1 aromatic carbocycles. The molecular weight excluding hydrogens is 394 g/mol. The van der Waals surface area contributed by atoms with Crippen LogP contribution in [0.4, 0.5) is 0 Å². The number of benzene rings is 1. The van der Waals surface area contributed by atoms with Gasteiger partial charge in [-0.05, 0) is 25.5 Å². The number of esters is 2. The molecule has 0 saturated carbocycles. The molecule has 8 heteroatoms. The van der Waals surface area contributed by atoms with Crippen molar-refractivity contribution in [1.29, 1.82) is 0 Å². The maximum atomic E-state index is 13.0. The largest absolute Gasteiger partial charge is 0.468 e. The Bertz CT molecular complexity index is 966. The van der Waals surface area contributed by atoms with Crippen LogP contribution in [0.15, 0.2) is 59.2 Å². The molecule has 1 aliphatic heterocycles. The summed E-state index contributed by atoms with van der Waals surface area (Å²) in [5.74, 6) is -2.48. The fourth-order valence-electron chi connectivity index (χ4n) is 3.55. The number of carbonyl (C=O) groups excluding carboxylic acids is 2. The van der Waals surface area contributed by atoms with Gasteiger partial charge < -0.3 is 14.0 Å². The summed E-state index contributed by atoms with van der Waals surface area (Å²) in [6.45, 7) is 3.98. The third kappa shape index (κ3) is 4.24. The topological polar surface area (TPSA) is 82.8 Å². The van der Waals surface area contributed by atoms with Gasteiger partial charge in [0.05, 0.1) is 37.9 Å². The van der Waals surface area contributed by atoms with E-state index in [4.69, 9.17) is 21.1 Å². The van der Waals surface area contributed by atoms with Crippen LogP contribution in [0, 0.1) is 5.92 Å². The third-order valence-corrected chi connectivity index (χ3v) is 5.14. The standard InChI is InChI=1S/C21H22ClN3O4/c1-4-29-21(27)19-16(11-25-10-9-23-12-25)24-13(2)17(20(26)28-3)18(19)14-7-5-6-8-15(14)22/h5-10,12,17-18H,4,11H2,1-3H3. The summed E-state index contributed by atoms with van der Waals surface area (Å²) in [6.07, 6.45) is 5.06. The van der Waals surface area contributed by atoms with Gasteiger partial charge in [0.15, 0.2) is 0 Å². The summed E-state index contributed by atoms with van der Waals surface area (Å²) in [5.41, 5.74) is 1.99. The Balaban J connectivity index is 2.24. The van der Waals surface area contributed by atoms with Gasteiger partial charge in [0.1, 0.15) is 5.92 Å². The monoisotopic (exact) mass is 415 g/mol. The molecule has 152 valence electrons. The minimum absolute atomic E-state index is 0.196. The van der Waals surface area contributed by atoms with E-state index in [0.717, 1.165) is 0 Å². The number of ether oxygens (including phenoxy) is 2. The predicted octanol–water partition coefficient (Wildman–Crippen LogP) is 3.40. The molecule has 2 atom stereocenters. The number of aliphatic imine (C=N–C) groups is 1. The van der Waals surface area contributed by atoms with Crippen LogP contribution in [0.3, 0.4) is 0 Å². The third-order valence-electron chi connectivity index (χ3n) is 4.80. The number of hydrogen-bond acceptors (Lipinski definition) is 6. The average Bonchev–Trinajstić information content (AvgIpc) is 3.20. The molecule has 2 unspecified atom stereocenters. The van der Waals surface area contributed by atoms with Gasteiger partial charge >= 0.3 is 11.9 Å². The zero-order chi connectivity index (χ0) is 21.0. The highest BCUT2D eigenvalue weighted by Gasteiger charge is 2.43. The van der Waals surface area contributed by atoms with Gasteiger partial charge in [-0.3, -0.25) is 9.79 Å². The quantitative estimate of drug-likeness (QED) is 0.675. The maximum absolute atomic E-state index is 13.0. The number of carbonyl (C=O) groups is 2. The van der Waals surface area contributed by atoms with Gasteiger partial charge in [-0.1, -0.05) is 29.8 Å². The molecule has 0 spiro atoms. The van der Waals surface area contributed by atoms with Crippen LogP contribution in [-0.4, -0.2) is 40.9 Å². The van der Waals surface area contributed by atoms with E-state index < -0.39 is 23.8 Å². The van der Waals surface area contributed by atoms with E-state index in [1.807, 2.05) is 6.07 Å². The van der Waals surface area contributed by atoms with Crippen molar-refractivity contribution in [1.82, 2.24) is 9.55 Å². The van der Waals surface area contributed by atoms with Crippen LogP contribution >= 0.6 is 11.6 Å². The lowest BCUT2D eigenvalue weighted by Crippen LogP contribution is -2.37. The summed E-state index contributed by atoms with van der Waals surface area (Å²) >= 11 is 6.47. The highest BCUT2D eigenvalue weighted by molar-refractivity contribution is 6.31. The Kier molecular flexibility index (Phi) is 6.49. The molecule has 0 amide bonds. The molecule has 0 bridgehead atoms. The van der Waals surface area contributed by atoms with E-state index in [9.17, 15) is 9.59 Å². The second kappa shape index (κ2) is 9.05. The number of imidazole rings is 1. The van der Waals surface area contributed by atoms with Crippen molar-refractivity contribution >= 4 is 29.3 Å². The van der Waals surface area contributed by atoms with Gasteiger partial charge in [-0.15, -0.1) is 0 Å². The second-order valence-electron chi connectivity index (χ2n) is 6.57. The molecule has 2 aromatic rings. The van der Waals surface area contributed by atoms with Crippen LogP contribution in [-0.2, 0) is 25.6 Å². The van der Waals surface area contributed by atoms with Crippen molar-refractivity contribution in [2.45, 2.75) is 26.3 Å². The summed E-state index contributed by atoms with van der Waals surface area (Å²) < 4.78 is 12.2. The number of aromatic nitrogens is 2. The lowest BCUT2D eigenvalue weighted by molar-refractivity contribution is -0.144. The van der Waals surface area contributed by atoms with Gasteiger partial charge in [0, 0.05) is 29.0 Å². The molecule has 1 aromatic heterocycles. The summed E-state index contributed by atoms with van der Waals surface area (Å²) in [7, 11) is 1.31. The maximum Gasteiger partial charge on any atom is 0.336 e. The Hall–Kier alpha value is -2.93. The molecular formula is C21H22ClN3O4. The minimum atomic E-state index is -0.786. The second-order valence-corrected chi connectivity index (χ2v) is 6.98. The number of methoxy groups -OCH3 is 1. The van der Waals surface area contributed by atoms with Gasteiger partial charge in [-0.2, -0.15) is 0 Å². The highest BCUT2D eigenvalue weighted by Crippen LogP contribution is 2.42. The Morgan fingerprint density at radius 1 is 1.28 bits per heavy atom. The molecule has 7 nitrogen and oxygen atoms in total. The molecule has 0 saturated heterocycles. The zero-order valence-electron chi connectivity index (χ0n) is 16.5. The van der Waals surface area contributed by atoms with E-state index in [0.29, 0.717) is 34.1 Å². The molecule has 29 heavy (non-hydrogen) atoms. The first kappa shape index (κ1) is 20.8. The highest BCUT2D eigenvalue weighted by atomic mass is 35.5. The molecule has 0 radical (unpaired) electrons. The number of hydrogen-bond donors (Lipinski definition) is 0. The van der Waals surface area contributed by atoms with Crippen molar-refractivity contribution in [3.63, 3.8) is 0 Å². The summed E-state index contributed by atoms with van der Waals surface area (Å²) in [4.78, 5) is 34.4. The zero-order valence-corrected chi connectivity index (χ0v) is 17.2. The number of allylic oxidation sites excluding steroid dienone is 1. The predicted molar refractivity (Wildman–Crippen MR) is 109 cm³/mol. The first-order valence-electron chi connectivity index (χ1n) is 9.21. The first-order chi connectivity index (χ1) is 14.0. The molecule has 2 heterocycles. The first-order valence-corrected chi connectivity index (χ1v) is 9.59. The van der Waals surface area contributed by atoms with Gasteiger partial charge in [0.25, 0.3) is 0 Å². The summed E-state index contributed by atoms with van der Waals surface area (Å²) in [6, 6.07) is 7.14. The van der Waals surface area contributed by atoms with E-state index in [-0.39, 0.29) is 6.61 Å². The molecule has 3 rings (SSSR count). The Morgan fingerprint density at radius 3 is 2.66 bits per heavy atom. The number of halogens is 1. The van der Waals surface area contributed by atoms with Crippen molar-refractivity contribution in [2.75, 3.05) is 13.7 Å². The van der Waals surface area contributed by atoms with E-state index >= 15 is 0 Å². The van der Waals surface area contributed by atoms with Crippen LogP contribution in [0.1, 0.15) is 25.3 Å². The lowest BCUT2D eigenvalue weighted by Gasteiger charge is -2.32. The Morgan fingerprint density at radius 2 is 2.03 bits per heavy atom. The molecule has 0 fully saturated rings. The Labute approximate surface area is 174 Å². The molecule has 0 aliphatic carbocycles. The van der Waals surface area contributed by atoms with Crippen molar-refractivity contribution < 1.29 is 19.1 Å². The molecule has 0 N–H and O–H groups in total. The van der Waals surface area contributed by atoms with Crippen molar-refractivity contribution in [2.24, 2.45) is 10.9 Å². The van der Waals surface area contributed by atoms with Crippen molar-refractivity contribution in [3.8, 4) is 0 Å². The van der Waals surface area contributed by atoms with Crippen LogP contribution < -0.4 is 0 Å². The molecule has 1 aliphatic rings. The van der Waals surface area contributed by atoms with Crippen LogP contribution in [0.2, 0.25) is 5.02 Å². The summed E-state index contributed by atoms with van der Waals surface area (Å²) in [5, 5.41) is 0.449. The fourth-order valence-corrected chi connectivity index (χ4v) is 3.81.